The number of carbonyl (C=O) groups is 4. The maximum absolute atomic E-state index is 15.1. The van der Waals surface area contributed by atoms with E-state index in [0.717, 1.165) is 24.5 Å². The highest BCUT2D eigenvalue weighted by atomic mass is 35.5. The van der Waals surface area contributed by atoms with Gasteiger partial charge in [-0.2, -0.15) is 0 Å². The van der Waals surface area contributed by atoms with Crippen LogP contribution in [0.2, 0.25) is 5.02 Å². The van der Waals surface area contributed by atoms with E-state index in [-0.39, 0.29) is 57.5 Å². The van der Waals surface area contributed by atoms with Crippen molar-refractivity contribution in [3.63, 3.8) is 0 Å². The molecule has 0 aliphatic heterocycles. The number of halogens is 3. The molecule has 0 saturated heterocycles. The van der Waals surface area contributed by atoms with Gasteiger partial charge in [0.2, 0.25) is 5.91 Å². The van der Waals surface area contributed by atoms with E-state index in [2.05, 4.69) is 22.5 Å². The molecule has 0 unspecified atom stereocenters. The van der Waals surface area contributed by atoms with E-state index >= 15 is 4.39 Å². The predicted octanol–water partition coefficient (Wildman–Crippen LogP) is 6.16. The van der Waals surface area contributed by atoms with Crippen molar-refractivity contribution in [2.45, 2.75) is 57.9 Å². The lowest BCUT2D eigenvalue weighted by Crippen LogP contribution is -2.42. The summed E-state index contributed by atoms with van der Waals surface area (Å²) in [6.45, 7) is 4.14. The van der Waals surface area contributed by atoms with Gasteiger partial charge in [0.25, 0.3) is 5.91 Å². The molecule has 1 fully saturated rings. The van der Waals surface area contributed by atoms with E-state index in [1.54, 1.807) is 19.9 Å². The number of hydrogen-bond acceptors (Lipinski definition) is 5. The molecule has 0 radical (unpaired) electrons. The molecule has 0 atom stereocenters. The number of hydrogen-bond donors (Lipinski definition) is 3. The van der Waals surface area contributed by atoms with Crippen LogP contribution in [0.15, 0.2) is 48.5 Å². The lowest BCUT2D eigenvalue weighted by molar-refractivity contribution is -0.139. The number of anilines is 1. The first-order valence-corrected chi connectivity index (χ1v) is 14.5. The summed E-state index contributed by atoms with van der Waals surface area (Å²) in [6, 6.07) is 11.4. The van der Waals surface area contributed by atoms with Gasteiger partial charge in [-0.05, 0) is 93.6 Å². The molecule has 3 N–H and O–H groups in total. The van der Waals surface area contributed by atoms with Crippen molar-refractivity contribution in [2.24, 2.45) is 0 Å². The zero-order valence-electron chi connectivity index (χ0n) is 24.9. The van der Waals surface area contributed by atoms with Crippen molar-refractivity contribution in [3.8, 4) is 17.6 Å². The van der Waals surface area contributed by atoms with Crippen LogP contribution in [0.5, 0.6) is 5.75 Å². The monoisotopic (exact) mass is 636 g/mol. The first-order chi connectivity index (χ1) is 21.2. The average molecular weight is 637 g/mol. The molecule has 3 aromatic carbocycles. The van der Waals surface area contributed by atoms with Gasteiger partial charge in [0.15, 0.2) is 12.4 Å². The van der Waals surface area contributed by atoms with Crippen LogP contribution in [0.25, 0.3) is 0 Å². The van der Waals surface area contributed by atoms with Crippen LogP contribution in [-0.2, 0) is 14.4 Å². The zero-order chi connectivity index (χ0) is 32.9. The van der Waals surface area contributed by atoms with Gasteiger partial charge in [-0.1, -0.05) is 23.4 Å². The minimum Gasteiger partial charge on any atom is -0.483 e. The first-order valence-electron chi connectivity index (χ1n) is 14.1. The Kier molecular flexibility index (Phi) is 10.2. The normalized spacial score (nSPS) is 12.5. The molecule has 0 bridgehead atoms. The van der Waals surface area contributed by atoms with E-state index in [1.807, 2.05) is 0 Å². The molecular formula is C34H31ClF2N2O6. The van der Waals surface area contributed by atoms with Crippen molar-refractivity contribution in [3.05, 3.63) is 93.0 Å². The second-order valence-corrected chi connectivity index (χ2v) is 11.7. The van der Waals surface area contributed by atoms with Gasteiger partial charge in [0, 0.05) is 28.3 Å². The molecule has 0 aromatic heterocycles. The number of amides is 2. The molecular weight excluding hydrogens is 606 g/mol. The van der Waals surface area contributed by atoms with Crippen molar-refractivity contribution in [2.75, 3.05) is 11.9 Å². The number of ketones is 1. The lowest BCUT2D eigenvalue weighted by atomic mass is 9.99. The Bertz CT molecular complexity index is 1740. The topological polar surface area (TPSA) is 122 Å². The molecule has 1 aliphatic rings. The second-order valence-electron chi connectivity index (χ2n) is 11.3. The maximum Gasteiger partial charge on any atom is 0.303 e. The van der Waals surface area contributed by atoms with Gasteiger partial charge in [0.1, 0.15) is 17.4 Å². The fraction of sp³-hybridized carbons (Fsp3) is 0.294. The number of carboxylic acids is 1. The third-order valence-electron chi connectivity index (χ3n) is 6.96. The summed E-state index contributed by atoms with van der Waals surface area (Å²) in [7, 11) is 0. The predicted molar refractivity (Wildman–Crippen MR) is 164 cm³/mol. The highest BCUT2D eigenvalue weighted by Crippen LogP contribution is 2.41. The highest BCUT2D eigenvalue weighted by Gasteiger charge is 2.26. The maximum atomic E-state index is 15.1. The Balaban J connectivity index is 1.42. The smallest absolute Gasteiger partial charge is 0.303 e. The molecule has 1 saturated carbocycles. The third kappa shape index (κ3) is 9.13. The van der Waals surface area contributed by atoms with Crippen molar-refractivity contribution in [1.29, 1.82) is 0 Å². The van der Waals surface area contributed by atoms with Gasteiger partial charge in [-0.3, -0.25) is 19.2 Å². The molecule has 234 valence electrons. The second kappa shape index (κ2) is 13.9. The molecule has 11 heteroatoms. The number of benzene rings is 3. The minimum atomic E-state index is -1.10. The van der Waals surface area contributed by atoms with E-state index in [9.17, 15) is 23.6 Å². The van der Waals surface area contributed by atoms with E-state index in [4.69, 9.17) is 21.4 Å². The third-order valence-corrected chi connectivity index (χ3v) is 7.20. The summed E-state index contributed by atoms with van der Waals surface area (Å²) in [5.74, 6) is 1.83. The number of carbonyl (C=O) groups excluding carboxylic acids is 3. The van der Waals surface area contributed by atoms with Crippen molar-refractivity contribution < 1.29 is 37.8 Å². The number of nitrogens with one attached hydrogen (secondary N) is 2. The molecule has 0 spiro atoms. The van der Waals surface area contributed by atoms with Crippen LogP contribution < -0.4 is 15.4 Å². The SMILES string of the molecule is Cc1c(NC(=O)COc2ccc(Cl)cc2C(=O)c2cc(F)cc(C3CC3)c2)ccc(C#CC(C)(C)NC(=O)CCC(=O)O)c1F. The Morgan fingerprint density at radius 2 is 1.76 bits per heavy atom. The Morgan fingerprint density at radius 3 is 2.44 bits per heavy atom. The summed E-state index contributed by atoms with van der Waals surface area (Å²) >= 11 is 6.13. The van der Waals surface area contributed by atoms with Crippen LogP contribution in [0.1, 0.15) is 78.1 Å². The van der Waals surface area contributed by atoms with Crippen LogP contribution in [0.4, 0.5) is 14.5 Å². The first kappa shape index (κ1) is 33.1. The summed E-state index contributed by atoms with van der Waals surface area (Å²) in [6.07, 6.45) is 1.34. The number of aliphatic carboxylic acids is 1. The Morgan fingerprint density at radius 1 is 1.02 bits per heavy atom. The summed E-state index contributed by atoms with van der Waals surface area (Å²) in [5.41, 5.74) is 0.217. The molecule has 4 rings (SSSR count). The van der Waals surface area contributed by atoms with Crippen molar-refractivity contribution in [1.82, 2.24) is 5.32 Å². The quantitative estimate of drug-likeness (QED) is 0.171. The average Bonchev–Trinajstić information content (AvgIpc) is 3.82. The number of ether oxygens (including phenoxy) is 1. The van der Waals surface area contributed by atoms with Crippen LogP contribution in [0.3, 0.4) is 0 Å². The van der Waals surface area contributed by atoms with Crippen LogP contribution >= 0.6 is 11.6 Å². The standard InChI is InChI=1S/C34H31ClF2N2O6/c1-19-27(8-6-21(32(19)37)12-13-34(2,3)39-29(40)10-11-31(42)43)38-30(41)18-45-28-9-7-24(35)17-26(28)33(44)23-14-22(20-4-5-20)15-25(36)16-23/h6-9,14-17,20H,4-5,10-11,18H2,1-3H3,(H,38,41)(H,39,40)(H,42,43). The summed E-state index contributed by atoms with van der Waals surface area (Å²) < 4.78 is 35.1. The Hall–Kier alpha value is -4.75. The van der Waals surface area contributed by atoms with Gasteiger partial charge in [-0.15, -0.1) is 0 Å². The molecule has 2 amide bonds. The fourth-order valence-electron chi connectivity index (χ4n) is 4.49. The van der Waals surface area contributed by atoms with Gasteiger partial charge >= 0.3 is 5.97 Å². The van der Waals surface area contributed by atoms with Crippen molar-refractivity contribution >= 4 is 40.9 Å². The number of carboxylic acid groups (broad SMARTS) is 1. The van der Waals surface area contributed by atoms with E-state index in [1.165, 1.54) is 43.3 Å². The van der Waals surface area contributed by atoms with Gasteiger partial charge in [-0.25, -0.2) is 8.78 Å². The molecule has 1 aliphatic carbocycles. The summed E-state index contributed by atoms with van der Waals surface area (Å²) in [4.78, 5) is 48.7. The van der Waals surface area contributed by atoms with Gasteiger partial charge in [0.05, 0.1) is 23.1 Å². The number of rotatable bonds is 11. The molecule has 45 heavy (non-hydrogen) atoms. The lowest BCUT2D eigenvalue weighted by Gasteiger charge is -2.19. The molecule has 0 heterocycles. The Labute approximate surface area is 264 Å². The van der Waals surface area contributed by atoms with Gasteiger partial charge < -0.3 is 20.5 Å². The highest BCUT2D eigenvalue weighted by molar-refractivity contribution is 6.31. The molecule has 8 nitrogen and oxygen atoms in total. The largest absolute Gasteiger partial charge is 0.483 e. The van der Waals surface area contributed by atoms with Crippen LogP contribution in [-0.4, -0.2) is 40.8 Å². The van der Waals surface area contributed by atoms with Crippen LogP contribution in [0, 0.1) is 30.4 Å². The minimum absolute atomic E-state index is 0.0288. The zero-order valence-corrected chi connectivity index (χ0v) is 25.6. The van der Waals surface area contributed by atoms with E-state index in [0.29, 0.717) is 0 Å². The van der Waals surface area contributed by atoms with E-state index < -0.39 is 47.3 Å². The fourth-order valence-corrected chi connectivity index (χ4v) is 4.66. The molecule has 3 aromatic rings. The summed E-state index contributed by atoms with van der Waals surface area (Å²) in [5, 5.41) is 14.2.